The van der Waals surface area contributed by atoms with E-state index in [0.717, 1.165) is 37.4 Å². The van der Waals surface area contributed by atoms with Gasteiger partial charge in [-0.2, -0.15) is 0 Å². The van der Waals surface area contributed by atoms with E-state index in [2.05, 4.69) is 41.5 Å². The van der Waals surface area contributed by atoms with E-state index >= 15 is 0 Å². The molecule has 0 radical (unpaired) electrons. The van der Waals surface area contributed by atoms with Gasteiger partial charge in [0.25, 0.3) is 14.3 Å². The van der Waals surface area contributed by atoms with Crippen LogP contribution in [-0.4, -0.2) is 26.0 Å². The van der Waals surface area contributed by atoms with E-state index in [1.54, 1.807) is 0 Å². The zero-order chi connectivity index (χ0) is 17.9. The smallest absolute Gasteiger partial charge is 0.292 e. The van der Waals surface area contributed by atoms with Gasteiger partial charge in [-0.15, -0.1) is 0 Å². The van der Waals surface area contributed by atoms with Crippen LogP contribution in [-0.2, 0) is 9.22 Å². The minimum atomic E-state index is -2.03. The molecule has 0 saturated heterocycles. The zero-order valence-electron chi connectivity index (χ0n) is 16.4. The molecule has 0 spiro atoms. The van der Waals surface area contributed by atoms with Crippen LogP contribution in [0.3, 0.4) is 0 Å². The van der Waals surface area contributed by atoms with Crippen molar-refractivity contribution in [3.63, 3.8) is 0 Å². The molecule has 0 aliphatic rings. The lowest BCUT2D eigenvalue weighted by Crippen LogP contribution is -2.41. The molecule has 138 valence electrons. The summed E-state index contributed by atoms with van der Waals surface area (Å²) in [4.78, 5) is 12.3. The summed E-state index contributed by atoms with van der Waals surface area (Å²) in [5.74, 6) is 1.87. The molecule has 0 saturated carbocycles. The third-order valence-corrected chi connectivity index (χ3v) is 8.66. The van der Waals surface area contributed by atoms with Gasteiger partial charge in [0.2, 0.25) is 0 Å². The zero-order valence-corrected chi connectivity index (χ0v) is 17.4. The van der Waals surface area contributed by atoms with Crippen LogP contribution in [0.1, 0.15) is 73.6 Å². The molecule has 0 rings (SSSR count). The van der Waals surface area contributed by atoms with Crippen molar-refractivity contribution >= 4 is 14.3 Å². The van der Waals surface area contributed by atoms with Crippen molar-refractivity contribution in [3.05, 3.63) is 0 Å². The van der Waals surface area contributed by atoms with Gasteiger partial charge in [0.1, 0.15) is 0 Å². The number of carbonyl (C=O) groups excluding carboxylic acids is 1. The first-order valence-electron chi connectivity index (χ1n) is 9.53. The Balaban J connectivity index is 5.03. The topological polar surface area (TPSA) is 46.5 Å². The van der Waals surface area contributed by atoms with E-state index in [-0.39, 0.29) is 12.6 Å². The van der Waals surface area contributed by atoms with Gasteiger partial charge in [-0.1, -0.05) is 60.8 Å². The van der Waals surface area contributed by atoms with Gasteiger partial charge < -0.3 is 9.53 Å². The molecule has 0 aromatic carbocycles. The van der Waals surface area contributed by atoms with Crippen LogP contribution < -0.4 is 0 Å². The van der Waals surface area contributed by atoms with E-state index < -0.39 is 8.32 Å². The van der Waals surface area contributed by atoms with Crippen molar-refractivity contribution in [2.24, 2.45) is 17.8 Å². The van der Waals surface area contributed by atoms with Crippen molar-refractivity contribution in [1.82, 2.24) is 0 Å². The third-order valence-electron chi connectivity index (χ3n) is 4.40. The number of rotatable bonds is 13. The van der Waals surface area contributed by atoms with Gasteiger partial charge in [-0.3, -0.25) is 4.79 Å². The van der Waals surface area contributed by atoms with Crippen LogP contribution in [0.4, 0.5) is 0 Å². The quantitative estimate of drug-likeness (QED) is 0.456. The Morgan fingerprint density at radius 3 is 1.57 bits per heavy atom. The Kier molecular flexibility index (Phi) is 11.9. The number of aliphatic hydroxyl groups excluding tert-OH is 1. The van der Waals surface area contributed by atoms with E-state index in [1.165, 1.54) is 0 Å². The van der Waals surface area contributed by atoms with E-state index in [4.69, 9.17) is 9.53 Å². The first-order valence-corrected chi connectivity index (χ1v) is 12.1. The summed E-state index contributed by atoms with van der Waals surface area (Å²) in [6.45, 7) is 13.5. The molecule has 0 fully saturated rings. The standard InChI is InChI=1S/C19H40O3Si/c1-16(2)9-13-23(14-10-17(3)4,15-11-18(5)6)22-19(21)8-7-12-20/h16-18,20H,7-15H2,1-6H3. The molecule has 0 heterocycles. The number of hydrogen-bond acceptors (Lipinski definition) is 3. The lowest BCUT2D eigenvalue weighted by molar-refractivity contribution is -0.135. The molecule has 0 aromatic rings. The van der Waals surface area contributed by atoms with Crippen LogP contribution in [0.5, 0.6) is 0 Å². The molecule has 3 nitrogen and oxygen atoms in total. The fourth-order valence-corrected chi connectivity index (χ4v) is 7.65. The molecule has 0 bridgehead atoms. The maximum Gasteiger partial charge on any atom is 0.292 e. The summed E-state index contributed by atoms with van der Waals surface area (Å²) >= 11 is 0. The van der Waals surface area contributed by atoms with Crippen LogP contribution in [0.2, 0.25) is 18.1 Å². The first kappa shape index (κ1) is 22.6. The van der Waals surface area contributed by atoms with Crippen LogP contribution in [0.25, 0.3) is 0 Å². The highest BCUT2D eigenvalue weighted by atomic mass is 28.4. The highest BCUT2D eigenvalue weighted by molar-refractivity contribution is 6.75. The lowest BCUT2D eigenvalue weighted by atomic mass is 10.2. The number of hydrogen-bond donors (Lipinski definition) is 1. The molecular formula is C19H40O3Si. The second-order valence-electron chi connectivity index (χ2n) is 8.28. The summed E-state index contributed by atoms with van der Waals surface area (Å²) in [5, 5.41) is 8.95. The molecule has 0 aromatic heterocycles. The molecule has 0 aliphatic carbocycles. The Morgan fingerprint density at radius 2 is 1.26 bits per heavy atom. The molecule has 0 amide bonds. The SMILES string of the molecule is CC(C)CC[Si](CCC(C)C)(CCC(C)C)OC(=O)CCCO. The van der Waals surface area contributed by atoms with Crippen LogP contribution >= 0.6 is 0 Å². The summed E-state index contributed by atoms with van der Waals surface area (Å²) in [6, 6.07) is 3.28. The summed E-state index contributed by atoms with van der Waals surface area (Å²) in [5.41, 5.74) is 0. The fraction of sp³-hybridized carbons (Fsp3) is 0.947. The second kappa shape index (κ2) is 12.1. The minimum Gasteiger partial charge on any atom is -0.519 e. The highest BCUT2D eigenvalue weighted by Crippen LogP contribution is 2.32. The van der Waals surface area contributed by atoms with Gasteiger partial charge >= 0.3 is 0 Å². The van der Waals surface area contributed by atoms with Gasteiger partial charge in [0, 0.05) is 13.0 Å². The van der Waals surface area contributed by atoms with Crippen LogP contribution in [0.15, 0.2) is 0 Å². The minimum absolute atomic E-state index is 0.0631. The monoisotopic (exact) mass is 344 g/mol. The Hall–Kier alpha value is -0.353. The number of aliphatic hydroxyl groups is 1. The predicted molar refractivity (Wildman–Crippen MR) is 101 cm³/mol. The van der Waals surface area contributed by atoms with Crippen molar-refractivity contribution < 1.29 is 14.3 Å². The van der Waals surface area contributed by atoms with Gasteiger partial charge in [0.05, 0.1) is 0 Å². The third kappa shape index (κ3) is 11.8. The van der Waals surface area contributed by atoms with Gasteiger partial charge in [-0.05, 0) is 42.3 Å². The van der Waals surface area contributed by atoms with Crippen LogP contribution in [0, 0.1) is 17.8 Å². The molecule has 1 N–H and O–H groups in total. The van der Waals surface area contributed by atoms with Gasteiger partial charge in [0.15, 0.2) is 0 Å². The molecule has 23 heavy (non-hydrogen) atoms. The first-order chi connectivity index (χ1) is 10.7. The number of carbonyl (C=O) groups is 1. The van der Waals surface area contributed by atoms with Crippen molar-refractivity contribution in [2.75, 3.05) is 6.61 Å². The Morgan fingerprint density at radius 1 is 0.870 bits per heavy atom. The fourth-order valence-electron chi connectivity index (χ4n) is 2.70. The summed E-state index contributed by atoms with van der Waals surface area (Å²) in [7, 11) is -2.03. The maximum atomic E-state index is 12.3. The lowest BCUT2D eigenvalue weighted by Gasteiger charge is -2.33. The Bertz CT molecular complexity index is 282. The van der Waals surface area contributed by atoms with E-state index in [9.17, 15) is 4.79 Å². The second-order valence-corrected chi connectivity index (χ2v) is 12.4. The molecule has 0 aliphatic heterocycles. The normalized spacial score (nSPS) is 12.4. The average molecular weight is 345 g/mol. The summed E-state index contributed by atoms with van der Waals surface area (Å²) in [6.07, 6.45) is 4.32. The van der Waals surface area contributed by atoms with E-state index in [0.29, 0.717) is 30.6 Å². The summed E-state index contributed by atoms with van der Waals surface area (Å²) < 4.78 is 6.18. The van der Waals surface area contributed by atoms with Crippen molar-refractivity contribution in [2.45, 2.75) is 91.8 Å². The largest absolute Gasteiger partial charge is 0.519 e. The van der Waals surface area contributed by atoms with E-state index in [1.807, 2.05) is 0 Å². The van der Waals surface area contributed by atoms with Gasteiger partial charge in [-0.25, -0.2) is 0 Å². The molecule has 4 heteroatoms. The molecular weight excluding hydrogens is 304 g/mol. The molecule has 0 atom stereocenters. The molecule has 0 unspecified atom stereocenters. The highest BCUT2D eigenvalue weighted by Gasteiger charge is 2.37. The Labute approximate surface area is 145 Å². The van der Waals surface area contributed by atoms with Crippen molar-refractivity contribution in [1.29, 1.82) is 0 Å². The predicted octanol–water partition coefficient (Wildman–Crippen LogP) is 5.39. The average Bonchev–Trinajstić information content (AvgIpc) is 2.46. The maximum absolute atomic E-state index is 12.3. The van der Waals surface area contributed by atoms with Crippen molar-refractivity contribution in [3.8, 4) is 0 Å².